The van der Waals surface area contributed by atoms with Gasteiger partial charge in [-0.15, -0.1) is 0 Å². The average molecular weight is 639 g/mol. The molecule has 0 aromatic heterocycles. The van der Waals surface area contributed by atoms with Crippen molar-refractivity contribution in [3.63, 3.8) is 0 Å². The summed E-state index contributed by atoms with van der Waals surface area (Å²) in [5, 5.41) is 0. The Kier molecular flexibility index (Phi) is 21.4. The van der Waals surface area contributed by atoms with E-state index in [1.165, 1.54) is 43.9 Å². The lowest BCUT2D eigenvalue weighted by molar-refractivity contribution is 0.111. The lowest BCUT2D eigenvalue weighted by atomic mass is 9.91. The number of benzene rings is 2. The molecule has 0 heterocycles. The molecule has 0 saturated heterocycles. The Morgan fingerprint density at radius 2 is 1.15 bits per heavy atom. The molecule has 8 nitrogen and oxygen atoms in total. The number of aryl methyl sites for hydroxylation is 3. The zero-order chi connectivity index (χ0) is 32.5. The van der Waals surface area contributed by atoms with Gasteiger partial charge in [0.2, 0.25) is 0 Å². The molecule has 0 spiro atoms. The van der Waals surface area contributed by atoms with E-state index in [0.717, 1.165) is 55.4 Å². The topological polar surface area (TPSA) is 129 Å². The Labute approximate surface area is 279 Å². The second-order valence-corrected chi connectivity index (χ2v) is 11.5. The van der Waals surface area contributed by atoms with Crippen LogP contribution in [-0.2, 0) is 12.8 Å². The number of carbonyl (C=O) groups excluding carboxylic acids is 2. The van der Waals surface area contributed by atoms with Gasteiger partial charge < -0.3 is 20.9 Å². The van der Waals surface area contributed by atoms with E-state index in [9.17, 15) is 9.59 Å². The Morgan fingerprint density at radius 1 is 0.717 bits per heavy atom. The third kappa shape index (κ3) is 12.8. The van der Waals surface area contributed by atoms with Crippen LogP contribution in [0.3, 0.4) is 0 Å². The van der Waals surface area contributed by atoms with Gasteiger partial charge in [-0.1, -0.05) is 60.5 Å². The van der Waals surface area contributed by atoms with Crippen LogP contribution in [0.15, 0.2) is 34.3 Å². The van der Waals surface area contributed by atoms with E-state index in [2.05, 4.69) is 31.0 Å². The molecule has 0 amide bonds. The quantitative estimate of drug-likeness (QED) is 0.213. The highest BCUT2D eigenvalue weighted by atomic mass is 16.5. The van der Waals surface area contributed by atoms with E-state index >= 15 is 0 Å². The smallest absolute Gasteiger partial charge is 0.153 e. The van der Waals surface area contributed by atoms with Gasteiger partial charge in [0.1, 0.15) is 11.5 Å². The number of aliphatic imine (C=N–C) groups is 2. The van der Waals surface area contributed by atoms with Gasteiger partial charge in [0, 0.05) is 23.9 Å². The summed E-state index contributed by atoms with van der Waals surface area (Å²) in [5.74, 6) is 1.29. The molecule has 2 unspecified atom stereocenters. The fraction of sp³-hybridized carbons (Fsp3) is 0.579. The SMILES string of the molecule is C.C.CC=N[C@H]1CCCC[C@@H]1N=Cc1cc(CC)cc(C)c1OC.CCc1cc(C=O)c(OC)c(C=O)c1.NC1CCCCC1N. The van der Waals surface area contributed by atoms with Gasteiger partial charge in [0.05, 0.1) is 37.4 Å². The molecule has 4 N–H and O–H groups in total. The van der Waals surface area contributed by atoms with Crippen molar-refractivity contribution in [1.29, 1.82) is 0 Å². The molecule has 2 saturated carbocycles. The van der Waals surface area contributed by atoms with Crippen LogP contribution < -0.4 is 20.9 Å². The van der Waals surface area contributed by atoms with Crippen molar-refractivity contribution in [3.8, 4) is 11.5 Å². The van der Waals surface area contributed by atoms with Crippen molar-refractivity contribution in [2.24, 2.45) is 21.5 Å². The molecule has 0 aliphatic heterocycles. The van der Waals surface area contributed by atoms with Crippen LogP contribution in [0, 0.1) is 6.92 Å². The van der Waals surface area contributed by atoms with E-state index in [-0.39, 0.29) is 26.9 Å². The maximum atomic E-state index is 10.7. The molecule has 4 atom stereocenters. The summed E-state index contributed by atoms with van der Waals surface area (Å²) in [6, 6.07) is 9.07. The summed E-state index contributed by atoms with van der Waals surface area (Å²) in [7, 11) is 3.18. The first-order valence-corrected chi connectivity index (χ1v) is 16.1. The first kappa shape index (κ1) is 42.6. The first-order valence-electron chi connectivity index (χ1n) is 16.1. The maximum absolute atomic E-state index is 10.7. The van der Waals surface area contributed by atoms with Gasteiger partial charge >= 0.3 is 0 Å². The molecule has 2 fully saturated rings. The van der Waals surface area contributed by atoms with Gasteiger partial charge in [-0.25, -0.2) is 0 Å². The van der Waals surface area contributed by atoms with Crippen LogP contribution in [-0.4, -0.2) is 63.4 Å². The molecule has 2 aliphatic rings. The van der Waals surface area contributed by atoms with Crippen LogP contribution in [0.2, 0.25) is 0 Å². The zero-order valence-electron chi connectivity index (χ0n) is 27.7. The summed E-state index contributed by atoms with van der Waals surface area (Å²) in [4.78, 5) is 30.9. The van der Waals surface area contributed by atoms with Crippen molar-refractivity contribution in [2.75, 3.05) is 14.2 Å². The standard InChI is InChI=1S/C19H28N2O.C11H12O3.C6H14N2.2CH4/c1-5-15-11-14(3)19(22-4)16(12-15)13-21-18-10-8-7-9-17(18)20-6-2;1-3-8-4-9(6-12)11(14-2)10(5-8)7-13;7-5-3-1-2-4-6(5)8;;/h6,11-13,17-18H,5,7-10H2,1-4H3;4-7H,3H2,1-2H3;5-6H,1-4,7-8H2;2*1H4/t17-,18-;;;;/m0..../s1. The predicted molar refractivity (Wildman–Crippen MR) is 196 cm³/mol. The van der Waals surface area contributed by atoms with Crippen LogP contribution >= 0.6 is 0 Å². The zero-order valence-corrected chi connectivity index (χ0v) is 27.7. The third-order valence-corrected chi connectivity index (χ3v) is 8.36. The van der Waals surface area contributed by atoms with E-state index < -0.39 is 0 Å². The van der Waals surface area contributed by atoms with Gasteiger partial charge in [-0.3, -0.25) is 19.6 Å². The number of aldehydes is 2. The predicted octanol–water partition coefficient (Wildman–Crippen LogP) is 7.76. The van der Waals surface area contributed by atoms with Gasteiger partial charge in [0.25, 0.3) is 0 Å². The lowest BCUT2D eigenvalue weighted by Gasteiger charge is -2.25. The molecule has 2 aromatic rings. The number of nitrogens with zero attached hydrogens (tertiary/aromatic N) is 2. The van der Waals surface area contributed by atoms with Crippen LogP contribution in [0.25, 0.3) is 0 Å². The molecule has 258 valence electrons. The first-order chi connectivity index (χ1) is 21.3. The number of ether oxygens (including phenoxy) is 2. The second kappa shape index (κ2) is 23.0. The molecule has 2 aromatic carbocycles. The molecular formula is C38H62N4O4. The molecule has 8 heteroatoms. The summed E-state index contributed by atoms with van der Waals surface area (Å²) in [6.07, 6.45) is 16.7. The highest BCUT2D eigenvalue weighted by Gasteiger charge is 2.23. The van der Waals surface area contributed by atoms with E-state index in [0.29, 0.717) is 41.5 Å². The highest BCUT2D eigenvalue weighted by molar-refractivity contribution is 5.89. The second-order valence-electron chi connectivity index (χ2n) is 11.5. The molecule has 4 rings (SSSR count). The summed E-state index contributed by atoms with van der Waals surface area (Å²) < 4.78 is 10.6. The van der Waals surface area contributed by atoms with Crippen LogP contribution in [0.4, 0.5) is 0 Å². The molecule has 0 radical (unpaired) electrons. The number of hydrogen-bond donors (Lipinski definition) is 2. The minimum atomic E-state index is 0. The highest BCUT2D eigenvalue weighted by Crippen LogP contribution is 2.27. The summed E-state index contributed by atoms with van der Waals surface area (Å²) >= 11 is 0. The summed E-state index contributed by atoms with van der Waals surface area (Å²) in [6.45, 7) is 8.23. The Bertz CT molecular complexity index is 1200. The normalized spacial score (nSPS) is 20.6. The van der Waals surface area contributed by atoms with Crippen molar-refractivity contribution >= 4 is 25.0 Å². The Balaban J connectivity index is 0.000000723. The van der Waals surface area contributed by atoms with Crippen molar-refractivity contribution in [3.05, 3.63) is 57.6 Å². The minimum absolute atomic E-state index is 0. The molecule has 2 aliphatic carbocycles. The number of nitrogens with two attached hydrogens (primary N) is 2. The Morgan fingerprint density at radius 3 is 1.57 bits per heavy atom. The van der Waals surface area contributed by atoms with Crippen LogP contribution in [0.5, 0.6) is 11.5 Å². The van der Waals surface area contributed by atoms with Gasteiger partial charge in [0.15, 0.2) is 12.6 Å². The molecule has 46 heavy (non-hydrogen) atoms. The van der Waals surface area contributed by atoms with E-state index in [4.69, 9.17) is 25.9 Å². The number of methoxy groups -OCH3 is 2. The minimum Gasteiger partial charge on any atom is -0.496 e. The molecule has 0 bridgehead atoms. The largest absolute Gasteiger partial charge is 0.496 e. The fourth-order valence-electron chi connectivity index (χ4n) is 5.81. The van der Waals surface area contributed by atoms with E-state index in [1.807, 2.05) is 26.3 Å². The van der Waals surface area contributed by atoms with Crippen molar-refractivity contribution in [1.82, 2.24) is 0 Å². The average Bonchev–Trinajstić information content (AvgIpc) is 3.05. The van der Waals surface area contributed by atoms with Gasteiger partial charge in [-0.2, -0.15) is 0 Å². The van der Waals surface area contributed by atoms with Crippen molar-refractivity contribution < 1.29 is 19.1 Å². The van der Waals surface area contributed by atoms with E-state index in [1.54, 1.807) is 19.2 Å². The third-order valence-electron chi connectivity index (χ3n) is 8.36. The van der Waals surface area contributed by atoms with Crippen LogP contribution in [0.1, 0.15) is 130 Å². The number of hydrogen-bond acceptors (Lipinski definition) is 8. The monoisotopic (exact) mass is 638 g/mol. The Hall–Kier alpha value is -3.36. The maximum Gasteiger partial charge on any atom is 0.153 e. The number of rotatable bonds is 9. The molecular weight excluding hydrogens is 576 g/mol. The number of carbonyl (C=O) groups is 2. The lowest BCUT2D eigenvalue weighted by Crippen LogP contribution is -2.43. The summed E-state index contributed by atoms with van der Waals surface area (Å²) in [5.41, 5.74) is 16.7. The fourth-order valence-corrected chi connectivity index (χ4v) is 5.81. The van der Waals surface area contributed by atoms with Crippen molar-refractivity contribution in [2.45, 2.75) is 131 Å². The van der Waals surface area contributed by atoms with Gasteiger partial charge in [-0.05, 0) is 93.5 Å².